The minimum absolute atomic E-state index is 0.0418. The molecule has 0 saturated carbocycles. The minimum Gasteiger partial charge on any atom is -0.496 e. The van der Waals surface area contributed by atoms with Crippen molar-refractivity contribution in [3.05, 3.63) is 28.8 Å². The number of aliphatic hydroxyl groups is 1. The van der Waals surface area contributed by atoms with Crippen LogP contribution in [0.1, 0.15) is 23.1 Å². The number of halogens is 2. The van der Waals surface area contributed by atoms with Crippen LogP contribution >= 0.6 is 0 Å². The molecule has 0 unspecified atom stereocenters. The Hall–Kier alpha value is -1.16. The Kier molecular flexibility index (Phi) is 3.86. The molecule has 1 N–H and O–H groups in total. The predicted molar refractivity (Wildman–Crippen MR) is 58.1 cm³/mol. The van der Waals surface area contributed by atoms with Crippen molar-refractivity contribution < 1.29 is 18.6 Å². The lowest BCUT2D eigenvalue weighted by atomic mass is 9.96. The van der Waals surface area contributed by atoms with Crippen LogP contribution in [-0.2, 0) is 5.92 Å². The van der Waals surface area contributed by atoms with Gasteiger partial charge in [0.05, 0.1) is 7.11 Å². The summed E-state index contributed by atoms with van der Waals surface area (Å²) in [5.74, 6) is -2.39. The Balaban J connectivity index is 3.21. The summed E-state index contributed by atoms with van der Waals surface area (Å²) in [6.45, 7) is 2.85. The summed E-state index contributed by atoms with van der Waals surface area (Å²) in [5, 5.41) is 8.62. The molecule has 16 heavy (non-hydrogen) atoms. The van der Waals surface area contributed by atoms with E-state index in [9.17, 15) is 8.78 Å². The molecule has 0 bridgehead atoms. The number of benzene rings is 1. The normalized spacial score (nSPS) is 11.6. The Labute approximate surface area is 93.9 Å². The van der Waals surface area contributed by atoms with E-state index < -0.39 is 19.0 Å². The van der Waals surface area contributed by atoms with Crippen molar-refractivity contribution in [1.82, 2.24) is 0 Å². The maximum absolute atomic E-state index is 13.6. The highest BCUT2D eigenvalue weighted by Gasteiger charge is 2.33. The van der Waals surface area contributed by atoms with Crippen molar-refractivity contribution in [3.63, 3.8) is 0 Å². The zero-order valence-electron chi connectivity index (χ0n) is 9.68. The average molecular weight is 230 g/mol. The van der Waals surface area contributed by atoms with Gasteiger partial charge in [-0.3, -0.25) is 0 Å². The first-order valence-corrected chi connectivity index (χ1v) is 5.07. The van der Waals surface area contributed by atoms with E-state index >= 15 is 0 Å². The summed E-state index contributed by atoms with van der Waals surface area (Å²) >= 11 is 0. The molecular formula is C12H16F2O2. The van der Waals surface area contributed by atoms with Gasteiger partial charge in [0.2, 0.25) is 0 Å². The predicted octanol–water partition coefficient (Wildman–Crippen LogP) is 2.79. The first kappa shape index (κ1) is 12.9. The molecule has 0 radical (unpaired) electrons. The van der Waals surface area contributed by atoms with Crippen LogP contribution in [0.25, 0.3) is 0 Å². The molecule has 4 heteroatoms. The highest BCUT2D eigenvalue weighted by Crippen LogP contribution is 2.36. The highest BCUT2D eigenvalue weighted by atomic mass is 19.3. The summed E-state index contributed by atoms with van der Waals surface area (Å²) in [6, 6.07) is 2.89. The van der Waals surface area contributed by atoms with Crippen LogP contribution in [0.3, 0.4) is 0 Å². The molecule has 0 spiro atoms. The van der Waals surface area contributed by atoms with E-state index in [0.29, 0.717) is 16.9 Å². The number of ether oxygens (including phenoxy) is 1. The maximum atomic E-state index is 13.6. The van der Waals surface area contributed by atoms with Crippen molar-refractivity contribution >= 4 is 0 Å². The van der Waals surface area contributed by atoms with Crippen LogP contribution in [0.2, 0.25) is 0 Å². The van der Waals surface area contributed by atoms with Gasteiger partial charge in [-0.25, -0.2) is 8.78 Å². The van der Waals surface area contributed by atoms with E-state index in [1.54, 1.807) is 13.8 Å². The largest absolute Gasteiger partial charge is 0.496 e. The molecule has 0 aliphatic heterocycles. The molecule has 1 rings (SSSR count). The fraction of sp³-hybridized carbons (Fsp3) is 0.500. The molecule has 0 aliphatic carbocycles. The third-order valence-corrected chi connectivity index (χ3v) is 2.78. The Morgan fingerprint density at radius 3 is 2.38 bits per heavy atom. The molecule has 2 nitrogen and oxygen atoms in total. The smallest absolute Gasteiger partial charge is 0.275 e. The van der Waals surface area contributed by atoms with Gasteiger partial charge >= 0.3 is 0 Å². The van der Waals surface area contributed by atoms with Crippen molar-refractivity contribution in [2.45, 2.75) is 26.2 Å². The maximum Gasteiger partial charge on any atom is 0.275 e. The zero-order valence-corrected chi connectivity index (χ0v) is 9.68. The van der Waals surface area contributed by atoms with Gasteiger partial charge in [-0.05, 0) is 37.1 Å². The molecule has 0 aromatic heterocycles. The minimum atomic E-state index is -2.99. The first-order chi connectivity index (χ1) is 7.44. The van der Waals surface area contributed by atoms with E-state index in [-0.39, 0.29) is 5.56 Å². The number of methoxy groups -OCH3 is 1. The van der Waals surface area contributed by atoms with Crippen molar-refractivity contribution in [2.75, 3.05) is 13.7 Å². The first-order valence-electron chi connectivity index (χ1n) is 5.07. The second kappa shape index (κ2) is 4.78. The van der Waals surface area contributed by atoms with Crippen LogP contribution in [0, 0.1) is 13.8 Å². The lowest BCUT2D eigenvalue weighted by Gasteiger charge is -2.20. The average Bonchev–Trinajstić information content (AvgIpc) is 2.21. The van der Waals surface area contributed by atoms with Crippen molar-refractivity contribution in [3.8, 4) is 5.75 Å². The fourth-order valence-electron chi connectivity index (χ4n) is 1.69. The van der Waals surface area contributed by atoms with Gasteiger partial charge < -0.3 is 9.84 Å². The SMILES string of the molecule is COc1ccc(C(F)(F)CCO)c(C)c1C. The zero-order chi connectivity index (χ0) is 12.3. The number of hydrogen-bond acceptors (Lipinski definition) is 2. The van der Waals surface area contributed by atoms with Crippen LogP contribution in [-0.4, -0.2) is 18.8 Å². The molecular weight excluding hydrogens is 214 g/mol. The van der Waals surface area contributed by atoms with Crippen molar-refractivity contribution in [2.24, 2.45) is 0 Å². The van der Waals surface area contributed by atoms with E-state index in [2.05, 4.69) is 0 Å². The topological polar surface area (TPSA) is 29.5 Å². The molecule has 0 heterocycles. The fourth-order valence-corrected chi connectivity index (χ4v) is 1.69. The van der Waals surface area contributed by atoms with Crippen LogP contribution < -0.4 is 4.74 Å². The summed E-state index contributed by atoms with van der Waals surface area (Å²) in [7, 11) is 1.51. The molecule has 90 valence electrons. The van der Waals surface area contributed by atoms with Gasteiger partial charge in [0.15, 0.2) is 0 Å². The monoisotopic (exact) mass is 230 g/mol. The standard InChI is InChI=1S/C12H16F2O2/c1-8-9(2)11(16-3)5-4-10(8)12(13,14)6-7-15/h4-5,15H,6-7H2,1-3H3. The summed E-state index contributed by atoms with van der Waals surface area (Å²) in [6.07, 6.45) is -0.556. The van der Waals surface area contributed by atoms with Gasteiger partial charge in [-0.1, -0.05) is 0 Å². The van der Waals surface area contributed by atoms with Gasteiger partial charge in [-0.2, -0.15) is 0 Å². The molecule has 1 aromatic rings. The second-order valence-corrected chi connectivity index (χ2v) is 3.74. The van der Waals surface area contributed by atoms with Gasteiger partial charge in [-0.15, -0.1) is 0 Å². The molecule has 0 aliphatic rings. The Morgan fingerprint density at radius 1 is 1.25 bits per heavy atom. The second-order valence-electron chi connectivity index (χ2n) is 3.74. The molecule has 0 amide bonds. The number of hydrogen-bond donors (Lipinski definition) is 1. The lowest BCUT2D eigenvalue weighted by molar-refractivity contribution is -0.0275. The van der Waals surface area contributed by atoms with Crippen LogP contribution in [0.4, 0.5) is 8.78 Å². The van der Waals surface area contributed by atoms with Crippen LogP contribution in [0.5, 0.6) is 5.75 Å². The van der Waals surface area contributed by atoms with Crippen molar-refractivity contribution in [1.29, 1.82) is 0 Å². The molecule has 0 fully saturated rings. The van der Waals surface area contributed by atoms with E-state index in [1.165, 1.54) is 19.2 Å². The number of aliphatic hydroxyl groups excluding tert-OH is 1. The van der Waals surface area contributed by atoms with Crippen LogP contribution in [0.15, 0.2) is 12.1 Å². The van der Waals surface area contributed by atoms with Gasteiger partial charge in [0.1, 0.15) is 5.75 Å². The lowest BCUT2D eigenvalue weighted by Crippen LogP contribution is -2.17. The van der Waals surface area contributed by atoms with Gasteiger partial charge in [0, 0.05) is 18.6 Å². The number of alkyl halides is 2. The van der Waals surface area contributed by atoms with E-state index in [0.717, 1.165) is 0 Å². The summed E-state index contributed by atoms with van der Waals surface area (Å²) in [5.41, 5.74) is 1.18. The number of rotatable bonds is 4. The summed E-state index contributed by atoms with van der Waals surface area (Å²) < 4.78 is 32.3. The molecule has 0 atom stereocenters. The van der Waals surface area contributed by atoms with E-state index in [4.69, 9.17) is 9.84 Å². The summed E-state index contributed by atoms with van der Waals surface area (Å²) in [4.78, 5) is 0. The van der Waals surface area contributed by atoms with E-state index in [1.807, 2.05) is 0 Å². The molecule has 1 aromatic carbocycles. The third kappa shape index (κ3) is 2.32. The van der Waals surface area contributed by atoms with Gasteiger partial charge in [0.25, 0.3) is 5.92 Å². The Morgan fingerprint density at radius 2 is 1.88 bits per heavy atom. The highest BCUT2D eigenvalue weighted by molar-refractivity contribution is 5.45. The quantitative estimate of drug-likeness (QED) is 0.861. The Bertz CT molecular complexity index is 376. The molecule has 0 saturated heterocycles. The third-order valence-electron chi connectivity index (χ3n) is 2.78.